The Morgan fingerprint density at radius 1 is 1.00 bits per heavy atom. The van der Waals surface area contributed by atoms with E-state index in [1.54, 1.807) is 0 Å². The molecule has 3 heteroatoms. The van der Waals surface area contributed by atoms with Gasteiger partial charge in [0.2, 0.25) is 0 Å². The van der Waals surface area contributed by atoms with E-state index >= 15 is 0 Å². The summed E-state index contributed by atoms with van der Waals surface area (Å²) in [5.41, 5.74) is 5.16. The minimum Gasteiger partial charge on any atom is -0.378 e. The van der Waals surface area contributed by atoms with Crippen molar-refractivity contribution in [1.82, 2.24) is 10.3 Å². The van der Waals surface area contributed by atoms with Gasteiger partial charge in [-0.1, -0.05) is 30.3 Å². The maximum Gasteiger partial charge on any atom is 0.0456 e. The maximum atomic E-state index is 3.53. The van der Waals surface area contributed by atoms with Gasteiger partial charge in [0.1, 0.15) is 0 Å². The van der Waals surface area contributed by atoms with Crippen LogP contribution in [0.5, 0.6) is 0 Å². The molecule has 0 saturated carbocycles. The maximum absolute atomic E-state index is 3.53. The summed E-state index contributed by atoms with van der Waals surface area (Å²) in [6.45, 7) is 1.90. The van der Waals surface area contributed by atoms with Crippen molar-refractivity contribution in [2.45, 2.75) is 13.0 Å². The highest BCUT2D eigenvalue weighted by Crippen LogP contribution is 2.17. The van der Waals surface area contributed by atoms with Crippen LogP contribution < -0.4 is 10.2 Å². The molecule has 0 bridgehead atoms. The molecule has 0 atom stereocenters. The van der Waals surface area contributed by atoms with Crippen molar-refractivity contribution in [3.63, 3.8) is 0 Å². The Bertz CT molecular complexity index is 726. The molecule has 0 aliphatic heterocycles. The number of hydrogen-bond acceptors (Lipinski definition) is 2. The van der Waals surface area contributed by atoms with Gasteiger partial charge >= 0.3 is 0 Å². The molecule has 0 fully saturated rings. The molecule has 0 spiro atoms. The largest absolute Gasteiger partial charge is 0.378 e. The van der Waals surface area contributed by atoms with Crippen LogP contribution in [0, 0.1) is 0 Å². The smallest absolute Gasteiger partial charge is 0.0456 e. The average Bonchev–Trinajstić information content (AvgIpc) is 2.95. The number of aromatic nitrogens is 1. The van der Waals surface area contributed by atoms with Gasteiger partial charge in [-0.25, -0.2) is 0 Å². The van der Waals surface area contributed by atoms with Crippen molar-refractivity contribution < 1.29 is 0 Å². The van der Waals surface area contributed by atoms with Gasteiger partial charge in [0.15, 0.2) is 0 Å². The number of nitrogens with zero attached hydrogens (tertiary/aromatic N) is 1. The molecule has 2 N–H and O–H groups in total. The summed E-state index contributed by atoms with van der Waals surface area (Å²) in [7, 11) is 4.13. The molecule has 0 aliphatic rings. The van der Waals surface area contributed by atoms with E-state index in [0.29, 0.717) is 0 Å². The van der Waals surface area contributed by atoms with Crippen molar-refractivity contribution >= 4 is 16.6 Å². The number of anilines is 1. The van der Waals surface area contributed by atoms with Gasteiger partial charge in [0.05, 0.1) is 0 Å². The van der Waals surface area contributed by atoms with E-state index in [0.717, 1.165) is 19.5 Å². The van der Waals surface area contributed by atoms with Crippen LogP contribution in [0.15, 0.2) is 54.7 Å². The average molecular weight is 293 g/mol. The van der Waals surface area contributed by atoms with Gasteiger partial charge in [0, 0.05) is 43.4 Å². The van der Waals surface area contributed by atoms with Crippen LogP contribution in [0.3, 0.4) is 0 Å². The van der Waals surface area contributed by atoms with Crippen molar-refractivity contribution in [3.05, 3.63) is 65.9 Å². The minimum absolute atomic E-state index is 0.913. The van der Waals surface area contributed by atoms with Crippen molar-refractivity contribution in [2.24, 2.45) is 0 Å². The van der Waals surface area contributed by atoms with Crippen LogP contribution in [0.25, 0.3) is 10.9 Å². The van der Waals surface area contributed by atoms with Crippen molar-refractivity contribution in [2.75, 3.05) is 25.5 Å². The first kappa shape index (κ1) is 14.7. The molecule has 3 rings (SSSR count). The van der Waals surface area contributed by atoms with E-state index in [4.69, 9.17) is 0 Å². The van der Waals surface area contributed by atoms with E-state index in [9.17, 15) is 0 Å². The molecule has 0 unspecified atom stereocenters. The predicted molar refractivity (Wildman–Crippen MR) is 94.5 cm³/mol. The molecular formula is C19H23N3. The summed E-state index contributed by atoms with van der Waals surface area (Å²) in [5, 5.41) is 4.86. The molecule has 1 heterocycles. The molecule has 2 aromatic carbocycles. The van der Waals surface area contributed by atoms with E-state index < -0.39 is 0 Å². The standard InChI is InChI=1S/C19H23N3/c1-22(2)17-9-7-15(8-10-17)13-20-12-11-16-14-21-19-6-4-3-5-18(16)19/h3-10,14,20-21H,11-13H2,1-2H3. The third-order valence-corrected chi connectivity index (χ3v) is 4.03. The first-order valence-corrected chi connectivity index (χ1v) is 7.76. The number of H-pyrrole nitrogens is 1. The molecule has 0 radical (unpaired) electrons. The molecule has 22 heavy (non-hydrogen) atoms. The predicted octanol–water partition coefficient (Wildman–Crippen LogP) is 3.57. The third-order valence-electron chi connectivity index (χ3n) is 4.03. The van der Waals surface area contributed by atoms with Gasteiger partial charge in [-0.05, 0) is 42.3 Å². The monoisotopic (exact) mass is 293 g/mol. The summed E-state index contributed by atoms with van der Waals surface area (Å²) in [6, 6.07) is 17.2. The molecule has 0 aliphatic carbocycles. The van der Waals surface area contributed by atoms with Crippen molar-refractivity contribution in [3.8, 4) is 0 Å². The van der Waals surface area contributed by atoms with Crippen LogP contribution >= 0.6 is 0 Å². The summed E-state index contributed by atoms with van der Waals surface area (Å²) in [6.07, 6.45) is 3.16. The molecule has 114 valence electrons. The lowest BCUT2D eigenvalue weighted by molar-refractivity contribution is 0.688. The van der Waals surface area contributed by atoms with E-state index in [1.807, 2.05) is 0 Å². The molecular weight excluding hydrogens is 270 g/mol. The Hall–Kier alpha value is -2.26. The van der Waals surface area contributed by atoms with E-state index in [1.165, 1.54) is 27.7 Å². The van der Waals surface area contributed by atoms with E-state index in [2.05, 4.69) is 84.0 Å². The van der Waals surface area contributed by atoms with Crippen LogP contribution in [-0.4, -0.2) is 25.6 Å². The fourth-order valence-electron chi connectivity index (χ4n) is 2.71. The second kappa shape index (κ2) is 6.67. The molecule has 3 aromatic rings. The highest BCUT2D eigenvalue weighted by molar-refractivity contribution is 5.83. The lowest BCUT2D eigenvalue weighted by atomic mass is 10.1. The van der Waals surface area contributed by atoms with Gasteiger partial charge in [-0.15, -0.1) is 0 Å². The topological polar surface area (TPSA) is 31.1 Å². The Kier molecular flexibility index (Phi) is 4.45. The summed E-state index contributed by atoms with van der Waals surface area (Å²) >= 11 is 0. The molecule has 0 amide bonds. The Balaban J connectivity index is 1.51. The van der Waals surface area contributed by atoms with Gasteiger partial charge < -0.3 is 15.2 Å². The number of para-hydroxylation sites is 1. The summed E-state index contributed by atoms with van der Waals surface area (Å²) < 4.78 is 0. The third kappa shape index (κ3) is 3.31. The first-order chi connectivity index (χ1) is 10.7. The zero-order valence-electron chi connectivity index (χ0n) is 13.3. The normalized spacial score (nSPS) is 11.0. The minimum atomic E-state index is 0.913. The zero-order chi connectivity index (χ0) is 15.4. The lowest BCUT2D eigenvalue weighted by Crippen LogP contribution is -2.16. The van der Waals surface area contributed by atoms with E-state index in [-0.39, 0.29) is 0 Å². The van der Waals surface area contributed by atoms with Crippen molar-refractivity contribution in [1.29, 1.82) is 0 Å². The van der Waals surface area contributed by atoms with Crippen LogP contribution in [0.4, 0.5) is 5.69 Å². The molecule has 3 nitrogen and oxygen atoms in total. The number of hydrogen-bond donors (Lipinski definition) is 2. The summed E-state index contributed by atoms with van der Waals surface area (Å²) in [5.74, 6) is 0. The lowest BCUT2D eigenvalue weighted by Gasteiger charge is -2.12. The quantitative estimate of drug-likeness (QED) is 0.681. The van der Waals surface area contributed by atoms with Gasteiger partial charge in [-0.2, -0.15) is 0 Å². The highest BCUT2D eigenvalue weighted by Gasteiger charge is 2.02. The first-order valence-electron chi connectivity index (χ1n) is 7.76. The fourth-order valence-corrected chi connectivity index (χ4v) is 2.71. The van der Waals surface area contributed by atoms with Crippen LogP contribution in [-0.2, 0) is 13.0 Å². The Morgan fingerprint density at radius 3 is 2.55 bits per heavy atom. The number of rotatable bonds is 6. The molecule has 1 aromatic heterocycles. The van der Waals surface area contributed by atoms with Crippen LogP contribution in [0.1, 0.15) is 11.1 Å². The van der Waals surface area contributed by atoms with Gasteiger partial charge in [0.25, 0.3) is 0 Å². The number of benzene rings is 2. The second-order valence-corrected chi connectivity index (χ2v) is 5.85. The Labute approximate surface area is 132 Å². The van der Waals surface area contributed by atoms with Gasteiger partial charge in [-0.3, -0.25) is 0 Å². The fraction of sp³-hybridized carbons (Fsp3) is 0.263. The molecule has 0 saturated heterocycles. The number of fused-ring (bicyclic) bond motifs is 1. The Morgan fingerprint density at radius 2 is 1.77 bits per heavy atom. The number of nitrogens with one attached hydrogen (secondary N) is 2. The zero-order valence-corrected chi connectivity index (χ0v) is 13.3. The number of aromatic amines is 1. The summed E-state index contributed by atoms with van der Waals surface area (Å²) in [4.78, 5) is 5.45. The highest BCUT2D eigenvalue weighted by atomic mass is 15.1. The second-order valence-electron chi connectivity index (χ2n) is 5.85. The van der Waals surface area contributed by atoms with Crippen LogP contribution in [0.2, 0.25) is 0 Å². The SMILES string of the molecule is CN(C)c1ccc(CNCCc2c[nH]c3ccccc23)cc1.